The summed E-state index contributed by atoms with van der Waals surface area (Å²) in [4.78, 5) is 51.5. The van der Waals surface area contributed by atoms with Crippen molar-refractivity contribution < 1.29 is 23.9 Å². The summed E-state index contributed by atoms with van der Waals surface area (Å²) in [5, 5.41) is 4.90. The van der Waals surface area contributed by atoms with Crippen LogP contribution in [0.4, 0.5) is 0 Å². The molecule has 1 saturated heterocycles. The molecule has 0 N–H and O–H groups in total. The molecule has 1 aromatic carbocycles. The number of hydrogen-bond acceptors (Lipinski definition) is 7. The molecule has 0 spiro atoms. The van der Waals surface area contributed by atoms with Crippen molar-refractivity contribution in [1.82, 2.24) is 14.7 Å². The van der Waals surface area contributed by atoms with Crippen molar-refractivity contribution in [3.8, 4) is 0 Å². The number of piperidine rings is 1. The Kier molecular flexibility index (Phi) is 7.04. The fraction of sp³-hybridized carbons (Fsp3) is 0.500. The lowest BCUT2D eigenvalue weighted by molar-refractivity contribution is -0.152. The Morgan fingerprint density at radius 1 is 1.13 bits per heavy atom. The maximum atomic E-state index is 12.8. The molecular formula is C22H27N3O6. The zero-order valence-electron chi connectivity index (χ0n) is 18.0. The van der Waals surface area contributed by atoms with Gasteiger partial charge in [-0.2, -0.15) is 5.10 Å². The van der Waals surface area contributed by atoms with Crippen molar-refractivity contribution in [2.75, 3.05) is 19.7 Å². The molecule has 0 saturated carbocycles. The number of rotatable bonds is 6. The van der Waals surface area contributed by atoms with E-state index in [-0.39, 0.29) is 29.0 Å². The summed E-state index contributed by atoms with van der Waals surface area (Å²) in [6.45, 7) is 6.45. The van der Waals surface area contributed by atoms with Gasteiger partial charge in [-0.15, -0.1) is 0 Å². The smallest absolute Gasteiger partial charge is 0.360 e. The van der Waals surface area contributed by atoms with Crippen molar-refractivity contribution in [3.63, 3.8) is 0 Å². The minimum absolute atomic E-state index is 0.00211. The topological polar surface area (TPSA) is 108 Å². The zero-order valence-corrected chi connectivity index (χ0v) is 18.0. The largest absolute Gasteiger partial charge is 0.466 e. The first kappa shape index (κ1) is 22.5. The van der Waals surface area contributed by atoms with Gasteiger partial charge < -0.3 is 14.4 Å². The molecule has 1 fully saturated rings. The van der Waals surface area contributed by atoms with Crippen LogP contribution in [0.2, 0.25) is 0 Å². The predicted molar refractivity (Wildman–Crippen MR) is 112 cm³/mol. The third kappa shape index (κ3) is 4.76. The van der Waals surface area contributed by atoms with Crippen molar-refractivity contribution in [3.05, 3.63) is 40.3 Å². The van der Waals surface area contributed by atoms with Crippen LogP contribution in [-0.4, -0.2) is 58.3 Å². The first-order valence-electron chi connectivity index (χ1n) is 10.5. The quantitative estimate of drug-likeness (QED) is 0.644. The highest BCUT2D eigenvalue weighted by atomic mass is 16.5. The van der Waals surface area contributed by atoms with E-state index in [0.29, 0.717) is 49.9 Å². The van der Waals surface area contributed by atoms with Crippen molar-refractivity contribution >= 4 is 28.6 Å². The van der Waals surface area contributed by atoms with Gasteiger partial charge in [-0.25, -0.2) is 9.48 Å². The van der Waals surface area contributed by atoms with Crippen LogP contribution in [0.3, 0.4) is 0 Å². The van der Waals surface area contributed by atoms with E-state index in [1.54, 1.807) is 43.0 Å². The molecule has 2 aromatic rings. The lowest BCUT2D eigenvalue weighted by Gasteiger charge is -2.32. The summed E-state index contributed by atoms with van der Waals surface area (Å²) in [6, 6.07) is 6.68. The number of fused-ring (bicyclic) bond motifs is 1. The molecule has 1 aliphatic rings. The summed E-state index contributed by atoms with van der Waals surface area (Å²) >= 11 is 0. The van der Waals surface area contributed by atoms with E-state index in [1.807, 2.05) is 0 Å². The van der Waals surface area contributed by atoms with Gasteiger partial charge in [0.05, 0.1) is 17.9 Å². The number of nitrogens with zero attached hydrogens (tertiary/aromatic N) is 3. The first-order chi connectivity index (χ1) is 14.9. The SMILES string of the molecule is CCOC(=O)C1CCN(C(=O)C(C)OC(=O)c2nn(CC)c(=O)c3ccccc23)CC1. The van der Waals surface area contributed by atoms with Crippen LogP contribution in [0.15, 0.2) is 29.1 Å². The Morgan fingerprint density at radius 2 is 1.77 bits per heavy atom. The highest BCUT2D eigenvalue weighted by Gasteiger charge is 2.32. The second-order valence-electron chi connectivity index (χ2n) is 7.41. The first-order valence-corrected chi connectivity index (χ1v) is 10.5. The van der Waals surface area contributed by atoms with Crippen molar-refractivity contribution in [2.24, 2.45) is 5.92 Å². The Balaban J connectivity index is 1.70. The molecule has 1 aromatic heterocycles. The fourth-order valence-electron chi connectivity index (χ4n) is 3.72. The number of amides is 1. The van der Waals surface area contributed by atoms with Gasteiger partial charge in [0.1, 0.15) is 0 Å². The number of benzene rings is 1. The standard InChI is InChI=1S/C22H27N3O6/c1-4-25-20(27)17-9-7-6-8-16(17)18(23-25)22(29)31-14(3)19(26)24-12-10-15(11-13-24)21(28)30-5-2/h6-9,14-15H,4-5,10-13H2,1-3H3. The zero-order chi connectivity index (χ0) is 22.5. The third-order valence-corrected chi connectivity index (χ3v) is 5.42. The summed E-state index contributed by atoms with van der Waals surface area (Å²) in [6.07, 6.45) is 0.00634. The van der Waals surface area contributed by atoms with Crippen LogP contribution in [0.25, 0.3) is 10.8 Å². The van der Waals surface area contributed by atoms with E-state index in [4.69, 9.17) is 9.47 Å². The summed E-state index contributed by atoms with van der Waals surface area (Å²) in [5.41, 5.74) is -0.291. The van der Waals surface area contributed by atoms with Gasteiger partial charge in [0.2, 0.25) is 0 Å². The lowest BCUT2D eigenvalue weighted by atomic mass is 9.97. The molecule has 166 valence electrons. The van der Waals surface area contributed by atoms with Gasteiger partial charge in [-0.05, 0) is 39.7 Å². The van der Waals surface area contributed by atoms with E-state index in [1.165, 1.54) is 11.6 Å². The highest BCUT2D eigenvalue weighted by molar-refractivity contribution is 6.02. The van der Waals surface area contributed by atoms with Gasteiger partial charge in [0.25, 0.3) is 11.5 Å². The van der Waals surface area contributed by atoms with Crippen molar-refractivity contribution in [1.29, 1.82) is 0 Å². The molecule has 0 bridgehead atoms. The third-order valence-electron chi connectivity index (χ3n) is 5.42. The Labute approximate surface area is 179 Å². The maximum absolute atomic E-state index is 12.8. The number of hydrogen-bond donors (Lipinski definition) is 0. The Hall–Kier alpha value is -3.23. The van der Waals surface area contributed by atoms with Crippen LogP contribution < -0.4 is 5.56 Å². The summed E-state index contributed by atoms with van der Waals surface area (Å²) in [5.74, 6) is -1.55. The van der Waals surface area contributed by atoms with Gasteiger partial charge in [-0.3, -0.25) is 14.4 Å². The van der Waals surface area contributed by atoms with Crippen LogP contribution in [-0.2, 0) is 25.6 Å². The van der Waals surface area contributed by atoms with E-state index in [2.05, 4.69) is 5.10 Å². The molecule has 1 unspecified atom stereocenters. The summed E-state index contributed by atoms with van der Waals surface area (Å²) < 4.78 is 11.7. The number of likely N-dealkylation sites (tertiary alicyclic amines) is 1. The molecule has 0 radical (unpaired) electrons. The number of aryl methyl sites for hydroxylation is 1. The number of carbonyl (C=O) groups excluding carboxylic acids is 3. The van der Waals surface area contributed by atoms with Gasteiger partial charge in [0, 0.05) is 25.0 Å². The van der Waals surface area contributed by atoms with E-state index >= 15 is 0 Å². The van der Waals surface area contributed by atoms with Gasteiger partial charge in [-0.1, -0.05) is 18.2 Å². The molecule has 1 amide bonds. The number of esters is 2. The molecule has 1 atom stereocenters. The average molecular weight is 429 g/mol. The number of carbonyl (C=O) groups is 3. The number of aromatic nitrogens is 2. The van der Waals surface area contributed by atoms with E-state index < -0.39 is 12.1 Å². The minimum Gasteiger partial charge on any atom is -0.466 e. The monoisotopic (exact) mass is 429 g/mol. The average Bonchev–Trinajstić information content (AvgIpc) is 2.79. The second kappa shape index (κ2) is 9.72. The Morgan fingerprint density at radius 3 is 2.39 bits per heavy atom. The fourth-order valence-corrected chi connectivity index (χ4v) is 3.72. The molecule has 3 rings (SSSR count). The lowest BCUT2D eigenvalue weighted by Crippen LogP contribution is -2.45. The van der Waals surface area contributed by atoms with Crippen LogP contribution in [0.5, 0.6) is 0 Å². The molecule has 31 heavy (non-hydrogen) atoms. The van der Waals surface area contributed by atoms with Crippen LogP contribution in [0.1, 0.15) is 44.1 Å². The van der Waals surface area contributed by atoms with Crippen LogP contribution in [0, 0.1) is 5.92 Å². The molecule has 1 aliphatic heterocycles. The normalized spacial score (nSPS) is 15.5. The van der Waals surface area contributed by atoms with E-state index in [9.17, 15) is 19.2 Å². The number of ether oxygens (including phenoxy) is 2. The molecule has 9 heteroatoms. The molecular weight excluding hydrogens is 402 g/mol. The Bertz CT molecular complexity index is 1040. The van der Waals surface area contributed by atoms with E-state index in [0.717, 1.165) is 0 Å². The second-order valence-corrected chi connectivity index (χ2v) is 7.41. The van der Waals surface area contributed by atoms with Gasteiger partial charge >= 0.3 is 11.9 Å². The minimum atomic E-state index is -1.02. The molecule has 2 heterocycles. The molecule has 9 nitrogen and oxygen atoms in total. The predicted octanol–water partition coefficient (Wildman–Crippen LogP) is 1.76. The highest BCUT2D eigenvalue weighted by Crippen LogP contribution is 2.20. The summed E-state index contributed by atoms with van der Waals surface area (Å²) in [7, 11) is 0. The molecule has 0 aliphatic carbocycles. The van der Waals surface area contributed by atoms with Crippen molar-refractivity contribution in [2.45, 2.75) is 46.3 Å². The maximum Gasteiger partial charge on any atom is 0.360 e. The van der Waals surface area contributed by atoms with Gasteiger partial charge in [0.15, 0.2) is 11.8 Å². The van der Waals surface area contributed by atoms with Crippen LogP contribution >= 0.6 is 0 Å².